The second-order valence-electron chi connectivity index (χ2n) is 32.4. The molecule has 9 heteroatoms. The van der Waals surface area contributed by atoms with Crippen molar-refractivity contribution in [3.8, 4) is 0 Å². The Morgan fingerprint density at radius 1 is 0.238 bits per heavy atom. The van der Waals surface area contributed by atoms with Crippen LogP contribution in [0.25, 0.3) is 0 Å². The molecule has 101 heavy (non-hydrogen) atoms. The van der Waals surface area contributed by atoms with E-state index in [-0.39, 0.29) is 35.5 Å². The first-order chi connectivity index (χ1) is 50.0. The number of likely N-dealkylation sites (tertiary alicyclic amines) is 2. The van der Waals surface area contributed by atoms with Crippen LogP contribution in [0, 0.1) is 11.8 Å². The Morgan fingerprint density at radius 2 is 0.396 bits per heavy atom. The second kappa shape index (κ2) is 77.3. The van der Waals surface area contributed by atoms with Crippen LogP contribution >= 0.6 is 0 Å². The van der Waals surface area contributed by atoms with Crippen LogP contribution in [0.1, 0.15) is 476 Å². The van der Waals surface area contributed by atoms with E-state index in [2.05, 4.69) is 41.9 Å². The summed E-state index contributed by atoms with van der Waals surface area (Å²) >= 11 is 0. The van der Waals surface area contributed by atoms with Crippen molar-refractivity contribution >= 4 is 23.6 Å². The van der Waals surface area contributed by atoms with Gasteiger partial charge in [0.2, 0.25) is 23.6 Å². The number of hydrogen-bond donors (Lipinski definition) is 3. The van der Waals surface area contributed by atoms with Gasteiger partial charge in [-0.15, -0.1) is 0 Å². The van der Waals surface area contributed by atoms with Crippen molar-refractivity contribution in [2.24, 2.45) is 11.8 Å². The molecule has 2 aliphatic rings. The predicted octanol–water partition coefficient (Wildman–Crippen LogP) is 27.0. The third-order valence-electron chi connectivity index (χ3n) is 22.7. The molecule has 2 atom stereocenters. The summed E-state index contributed by atoms with van der Waals surface area (Å²) in [6.45, 7) is 9.62. The van der Waals surface area contributed by atoms with Crippen LogP contribution in [-0.2, 0) is 19.2 Å². The number of nitrogens with zero attached hydrogens (tertiary/aromatic N) is 2. The van der Waals surface area contributed by atoms with Crippen LogP contribution in [0.15, 0.2) is 24.3 Å². The quantitative estimate of drug-likeness (QED) is 0.0316. The van der Waals surface area contributed by atoms with Gasteiger partial charge in [0, 0.05) is 65.2 Å². The van der Waals surface area contributed by atoms with Crippen LogP contribution in [-0.4, -0.2) is 85.8 Å². The second-order valence-corrected chi connectivity index (χ2v) is 32.4. The van der Waals surface area contributed by atoms with Crippen LogP contribution in [0.3, 0.4) is 0 Å². The Bertz CT molecular complexity index is 1840. The van der Waals surface area contributed by atoms with E-state index in [1.807, 2.05) is 12.2 Å². The molecule has 2 fully saturated rings. The minimum atomic E-state index is -0.309. The van der Waals surface area contributed by atoms with Gasteiger partial charge in [0.05, 0.1) is 11.8 Å². The number of allylic oxidation sites excluding steroid dienone is 2. The first-order valence-electron chi connectivity index (χ1n) is 46.1. The highest BCUT2D eigenvalue weighted by Crippen LogP contribution is 2.25. The van der Waals surface area contributed by atoms with Gasteiger partial charge >= 0.3 is 0 Å². The lowest BCUT2D eigenvalue weighted by atomic mass is 10.0. The summed E-state index contributed by atoms with van der Waals surface area (Å²) in [5, 5.41) is 10.1. The summed E-state index contributed by atoms with van der Waals surface area (Å²) in [6, 6.07) is 0. The number of amides is 4. The molecule has 4 amide bonds. The van der Waals surface area contributed by atoms with Crippen molar-refractivity contribution in [2.75, 3.05) is 52.4 Å². The van der Waals surface area contributed by atoms with E-state index < -0.39 is 0 Å². The Balaban J connectivity index is 1.24. The van der Waals surface area contributed by atoms with Crippen molar-refractivity contribution in [3.05, 3.63) is 24.3 Å². The first-order valence-corrected chi connectivity index (χ1v) is 46.1. The Hall–Kier alpha value is -2.36. The van der Waals surface area contributed by atoms with Crippen LogP contribution < -0.4 is 16.0 Å². The zero-order chi connectivity index (χ0) is 72.1. The maximum absolute atomic E-state index is 13.0. The summed E-state index contributed by atoms with van der Waals surface area (Å²) in [7, 11) is 0. The minimum Gasteiger partial charge on any atom is -0.314 e. The Labute approximate surface area is 629 Å². The van der Waals surface area contributed by atoms with E-state index in [0.29, 0.717) is 39.0 Å². The van der Waals surface area contributed by atoms with Crippen molar-refractivity contribution < 1.29 is 19.2 Å². The molecule has 2 unspecified atom stereocenters. The van der Waals surface area contributed by atoms with Crippen molar-refractivity contribution in [1.29, 1.82) is 0 Å². The largest absolute Gasteiger partial charge is 0.314 e. The SMILES string of the molecule is CCCCCCCCCCCCCCCCCCCCCCCCCCCCCCCCCCC=CC1CC(=O)N(CCNCCNCCNCCN2C(=O)CC(C=CCCCCCCCCCCCCCCCCCCCCCCCCCCCCCCCCCCCCCC)C2=O)C1=O. The predicted molar refractivity (Wildman–Crippen MR) is 441 cm³/mol. The molecule has 9 nitrogen and oxygen atoms in total. The van der Waals surface area contributed by atoms with Gasteiger partial charge in [-0.3, -0.25) is 29.0 Å². The molecule has 0 spiro atoms. The average molecular weight is 1420 g/mol. The van der Waals surface area contributed by atoms with Gasteiger partial charge in [-0.05, 0) is 25.7 Å². The number of rotatable bonds is 84. The van der Waals surface area contributed by atoms with Gasteiger partial charge in [0.1, 0.15) is 0 Å². The fourth-order valence-corrected chi connectivity index (χ4v) is 15.8. The molecule has 2 saturated heterocycles. The molecule has 0 aromatic rings. The topological polar surface area (TPSA) is 111 Å². The van der Waals surface area contributed by atoms with E-state index in [1.54, 1.807) is 0 Å². The number of carbonyl (C=O) groups is 4. The summed E-state index contributed by atoms with van der Waals surface area (Å²) in [4.78, 5) is 54.3. The Morgan fingerprint density at radius 3 is 0.574 bits per heavy atom. The molecule has 3 N–H and O–H groups in total. The monoisotopic (exact) mass is 1410 g/mol. The summed E-state index contributed by atoms with van der Waals surface area (Å²) in [6.07, 6.45) is 108. The molecular formula is C92H175N5O4. The van der Waals surface area contributed by atoms with Gasteiger partial charge in [-0.1, -0.05) is 462 Å². The van der Waals surface area contributed by atoms with E-state index in [1.165, 1.54) is 434 Å². The normalized spacial score (nSPS) is 15.1. The average Bonchev–Trinajstić information content (AvgIpc) is 1.71. The number of hydrogen-bond acceptors (Lipinski definition) is 7. The van der Waals surface area contributed by atoms with E-state index in [4.69, 9.17) is 0 Å². The first kappa shape index (κ1) is 94.7. The lowest BCUT2D eigenvalue weighted by Gasteiger charge is -2.15. The molecule has 2 heterocycles. The number of carbonyl (C=O) groups excluding carboxylic acids is 4. The molecule has 2 rings (SSSR count). The van der Waals surface area contributed by atoms with Crippen LogP contribution in [0.4, 0.5) is 0 Å². The zero-order valence-electron chi connectivity index (χ0n) is 68.1. The molecular weight excluding hydrogens is 1240 g/mol. The zero-order valence-corrected chi connectivity index (χ0v) is 68.1. The maximum atomic E-state index is 13.0. The smallest absolute Gasteiger partial charge is 0.236 e. The van der Waals surface area contributed by atoms with Crippen LogP contribution in [0.2, 0.25) is 0 Å². The fourth-order valence-electron chi connectivity index (χ4n) is 15.8. The highest BCUT2D eigenvalue weighted by atomic mass is 16.2. The van der Waals surface area contributed by atoms with Gasteiger partial charge in [-0.25, -0.2) is 0 Å². The number of unbranched alkanes of at least 4 members (excludes halogenated alkanes) is 68. The molecule has 0 radical (unpaired) electrons. The lowest BCUT2D eigenvalue weighted by Crippen LogP contribution is -2.40. The van der Waals surface area contributed by atoms with Gasteiger partial charge in [0.25, 0.3) is 0 Å². The summed E-state index contributed by atoms with van der Waals surface area (Å²) < 4.78 is 0. The maximum Gasteiger partial charge on any atom is 0.236 e. The minimum absolute atomic E-state index is 0.0550. The summed E-state index contributed by atoms with van der Waals surface area (Å²) in [5.74, 6) is -0.850. The molecule has 2 aliphatic heterocycles. The highest BCUT2D eigenvalue weighted by molar-refractivity contribution is 6.05. The van der Waals surface area contributed by atoms with Crippen molar-refractivity contribution in [2.45, 2.75) is 476 Å². The third kappa shape index (κ3) is 62.4. The van der Waals surface area contributed by atoms with Gasteiger partial charge in [-0.2, -0.15) is 0 Å². The highest BCUT2D eigenvalue weighted by Gasteiger charge is 2.37. The molecule has 0 aromatic heterocycles. The van der Waals surface area contributed by atoms with E-state index in [0.717, 1.165) is 51.9 Å². The number of imide groups is 2. The van der Waals surface area contributed by atoms with Crippen LogP contribution in [0.5, 0.6) is 0 Å². The van der Waals surface area contributed by atoms with Crippen molar-refractivity contribution in [3.63, 3.8) is 0 Å². The molecule has 0 aromatic carbocycles. The van der Waals surface area contributed by atoms with E-state index >= 15 is 0 Å². The molecule has 592 valence electrons. The third-order valence-corrected chi connectivity index (χ3v) is 22.7. The van der Waals surface area contributed by atoms with Gasteiger partial charge < -0.3 is 16.0 Å². The summed E-state index contributed by atoms with van der Waals surface area (Å²) in [5.41, 5.74) is 0. The van der Waals surface area contributed by atoms with E-state index in [9.17, 15) is 19.2 Å². The van der Waals surface area contributed by atoms with Gasteiger partial charge in [0.15, 0.2) is 0 Å². The fraction of sp³-hybridized carbons (Fsp3) is 0.913. The number of nitrogens with one attached hydrogen (secondary N) is 3. The van der Waals surface area contributed by atoms with Crippen molar-refractivity contribution in [1.82, 2.24) is 25.8 Å². The molecule has 0 saturated carbocycles. The molecule has 0 bridgehead atoms. The molecule has 0 aliphatic carbocycles. The lowest BCUT2D eigenvalue weighted by molar-refractivity contribution is -0.140. The Kier molecular flexibility index (Phi) is 72.5. The standard InChI is InChI=1S/C92H175N5O4/c1-3-5-7-9-11-13-15-17-19-21-23-25-27-29-31-33-35-37-39-40-41-42-44-46-48-50-52-54-56-58-60-62-64-66-68-70-72-74-76-88-86-90(99)97(92(88)101)84-82-95-80-78-93-77-79-94-81-83-96-89(98)85-87(91(96)100)75-73-71-69-67-65-63-61-59-57-55-53-51-49-47-45-43-38-36-34-32-30-28-26-24-22-20-18-16-14-12-10-8-6-4-2/h73-76,87-88,93-95H,3-72,77-86H2,1-2H3.